The Morgan fingerprint density at radius 1 is 1.33 bits per heavy atom. The average Bonchev–Trinajstić information content (AvgIpc) is 3.05. The van der Waals surface area contributed by atoms with Gasteiger partial charge in [0.25, 0.3) is 0 Å². The first-order valence-corrected chi connectivity index (χ1v) is 10.1. The lowest BCUT2D eigenvalue weighted by atomic mass is 9.80. The minimum atomic E-state index is -0.192. The molecule has 0 saturated carbocycles. The van der Waals surface area contributed by atoms with E-state index in [2.05, 4.69) is 10.3 Å². The van der Waals surface area contributed by atoms with Crippen LogP contribution in [-0.2, 0) is 11.2 Å². The van der Waals surface area contributed by atoms with Crippen molar-refractivity contribution >= 4 is 17.2 Å². The predicted molar refractivity (Wildman–Crippen MR) is 96.1 cm³/mol. The summed E-state index contributed by atoms with van der Waals surface area (Å²) >= 11 is 1.64. The van der Waals surface area contributed by atoms with Gasteiger partial charge < -0.3 is 15.3 Å². The van der Waals surface area contributed by atoms with Gasteiger partial charge in [-0.25, -0.2) is 4.98 Å². The molecular formula is C18H29N3O2S. The Bertz CT molecular complexity index is 534. The number of carbonyl (C=O) groups is 1. The van der Waals surface area contributed by atoms with Crippen molar-refractivity contribution < 1.29 is 9.90 Å². The summed E-state index contributed by atoms with van der Waals surface area (Å²) in [4.78, 5) is 18.8. The van der Waals surface area contributed by atoms with E-state index in [9.17, 15) is 9.90 Å². The van der Waals surface area contributed by atoms with Crippen LogP contribution in [0.25, 0.3) is 0 Å². The molecule has 1 aromatic rings. The highest BCUT2D eigenvalue weighted by Crippen LogP contribution is 2.29. The van der Waals surface area contributed by atoms with Crippen LogP contribution in [0.15, 0.2) is 5.38 Å². The minimum Gasteiger partial charge on any atom is -0.393 e. The van der Waals surface area contributed by atoms with Crippen molar-refractivity contribution in [3.8, 4) is 0 Å². The molecule has 134 valence electrons. The molecule has 5 nitrogen and oxygen atoms in total. The number of aromatic nitrogens is 1. The molecule has 2 N–H and O–H groups in total. The Kier molecular flexibility index (Phi) is 6.25. The second-order valence-corrected chi connectivity index (χ2v) is 8.22. The molecule has 0 spiro atoms. The number of nitrogens with zero attached hydrogens (tertiary/aromatic N) is 2. The van der Waals surface area contributed by atoms with E-state index in [1.165, 1.54) is 0 Å². The number of nitrogens with one attached hydrogen (secondary N) is 1. The summed E-state index contributed by atoms with van der Waals surface area (Å²) in [5.74, 6) is 1.03. The number of aliphatic hydroxyl groups is 1. The van der Waals surface area contributed by atoms with Gasteiger partial charge in [-0.15, -0.1) is 11.3 Å². The highest BCUT2D eigenvalue weighted by Gasteiger charge is 2.32. The number of piperidine rings is 2. The topological polar surface area (TPSA) is 65.5 Å². The number of rotatable bonds is 5. The molecule has 1 amide bonds. The standard InChI is InChI=1S/C18H29N3O2S/c1-13-20-16(12-24-13)2-3-17(22)21-10-6-15(7-11-21)18(23)14-4-8-19-9-5-14/h12,14-15,18-19,23H,2-11H2,1H3. The first kappa shape index (κ1) is 17.8. The maximum Gasteiger partial charge on any atom is 0.222 e. The number of thiazole rings is 1. The van der Waals surface area contributed by atoms with Crippen molar-refractivity contribution in [3.63, 3.8) is 0 Å². The van der Waals surface area contributed by atoms with Gasteiger partial charge in [0, 0.05) is 24.9 Å². The minimum absolute atomic E-state index is 0.192. The molecule has 0 bridgehead atoms. The van der Waals surface area contributed by atoms with Crippen LogP contribution in [0.5, 0.6) is 0 Å². The van der Waals surface area contributed by atoms with Gasteiger partial charge in [-0.1, -0.05) is 0 Å². The van der Waals surface area contributed by atoms with Crippen LogP contribution >= 0.6 is 11.3 Å². The van der Waals surface area contributed by atoms with Gasteiger partial charge in [-0.05, 0) is 64.0 Å². The molecule has 0 aromatic carbocycles. The van der Waals surface area contributed by atoms with E-state index in [0.717, 1.165) is 69.0 Å². The van der Waals surface area contributed by atoms with Crippen LogP contribution in [0.1, 0.15) is 42.8 Å². The lowest BCUT2D eigenvalue weighted by molar-refractivity contribution is -0.133. The molecule has 2 saturated heterocycles. The Hall–Kier alpha value is -0.980. The highest BCUT2D eigenvalue weighted by atomic mass is 32.1. The van der Waals surface area contributed by atoms with E-state index < -0.39 is 0 Å². The largest absolute Gasteiger partial charge is 0.393 e. The van der Waals surface area contributed by atoms with Gasteiger partial charge in [-0.3, -0.25) is 4.79 Å². The summed E-state index contributed by atoms with van der Waals surface area (Å²) in [6.07, 6.45) is 5.12. The number of hydrogen-bond donors (Lipinski definition) is 2. The quantitative estimate of drug-likeness (QED) is 0.851. The number of amides is 1. The third-order valence-corrected chi connectivity index (χ3v) is 6.33. The molecule has 0 aliphatic carbocycles. The first-order valence-electron chi connectivity index (χ1n) is 9.21. The number of aliphatic hydroxyl groups excluding tert-OH is 1. The van der Waals surface area contributed by atoms with Crippen molar-refractivity contribution in [2.45, 2.75) is 51.6 Å². The molecule has 3 heterocycles. The van der Waals surface area contributed by atoms with Gasteiger partial charge in [0.2, 0.25) is 5.91 Å². The lowest BCUT2D eigenvalue weighted by Gasteiger charge is -2.38. The molecule has 1 unspecified atom stereocenters. The second-order valence-electron chi connectivity index (χ2n) is 7.15. The third kappa shape index (κ3) is 4.55. The summed E-state index contributed by atoms with van der Waals surface area (Å²) in [6.45, 7) is 5.63. The molecule has 24 heavy (non-hydrogen) atoms. The zero-order valence-corrected chi connectivity index (χ0v) is 15.4. The van der Waals surface area contributed by atoms with Crippen LogP contribution < -0.4 is 5.32 Å². The van der Waals surface area contributed by atoms with Crippen LogP contribution in [0.3, 0.4) is 0 Å². The van der Waals surface area contributed by atoms with Crippen LogP contribution in [0.2, 0.25) is 0 Å². The van der Waals surface area contributed by atoms with E-state index in [1.54, 1.807) is 11.3 Å². The summed E-state index contributed by atoms with van der Waals surface area (Å²) < 4.78 is 0. The van der Waals surface area contributed by atoms with Crippen molar-refractivity contribution in [3.05, 3.63) is 16.1 Å². The molecule has 3 rings (SSSR count). The fourth-order valence-corrected chi connectivity index (χ4v) is 4.62. The van der Waals surface area contributed by atoms with Gasteiger partial charge >= 0.3 is 0 Å². The lowest BCUT2D eigenvalue weighted by Crippen LogP contribution is -2.44. The first-order chi connectivity index (χ1) is 11.6. The maximum atomic E-state index is 12.4. The monoisotopic (exact) mass is 351 g/mol. The van der Waals surface area contributed by atoms with Crippen molar-refractivity contribution in [2.75, 3.05) is 26.2 Å². The van der Waals surface area contributed by atoms with E-state index in [4.69, 9.17) is 0 Å². The number of aryl methyl sites for hydroxylation is 2. The van der Waals surface area contributed by atoms with Gasteiger partial charge in [0.1, 0.15) is 0 Å². The van der Waals surface area contributed by atoms with Crippen LogP contribution in [-0.4, -0.2) is 53.2 Å². The fraction of sp³-hybridized carbons (Fsp3) is 0.778. The maximum absolute atomic E-state index is 12.4. The number of likely N-dealkylation sites (tertiary alicyclic amines) is 1. The summed E-state index contributed by atoms with van der Waals surface area (Å²) in [7, 11) is 0. The highest BCUT2D eigenvalue weighted by molar-refractivity contribution is 7.09. The van der Waals surface area contributed by atoms with Crippen LogP contribution in [0, 0.1) is 18.8 Å². The van der Waals surface area contributed by atoms with Crippen molar-refractivity contribution in [2.24, 2.45) is 11.8 Å². The SMILES string of the molecule is Cc1nc(CCC(=O)N2CCC(C(O)C3CCNCC3)CC2)cs1. The smallest absolute Gasteiger partial charge is 0.222 e. The van der Waals surface area contributed by atoms with E-state index in [0.29, 0.717) is 18.3 Å². The number of carbonyl (C=O) groups excluding carboxylic acids is 1. The number of hydrogen-bond acceptors (Lipinski definition) is 5. The summed E-state index contributed by atoms with van der Waals surface area (Å²) in [5, 5.41) is 17.1. The molecule has 1 atom stereocenters. The molecule has 6 heteroatoms. The van der Waals surface area contributed by atoms with Crippen molar-refractivity contribution in [1.29, 1.82) is 0 Å². The van der Waals surface area contributed by atoms with Gasteiger partial charge in [-0.2, -0.15) is 0 Å². The van der Waals surface area contributed by atoms with E-state index in [1.807, 2.05) is 17.2 Å². The van der Waals surface area contributed by atoms with Gasteiger partial charge in [0.15, 0.2) is 0 Å². The second kappa shape index (κ2) is 8.41. The van der Waals surface area contributed by atoms with Crippen LogP contribution in [0.4, 0.5) is 0 Å². The fourth-order valence-electron chi connectivity index (χ4n) is 3.98. The molecule has 0 radical (unpaired) electrons. The van der Waals surface area contributed by atoms with E-state index in [-0.39, 0.29) is 12.0 Å². The summed E-state index contributed by atoms with van der Waals surface area (Å²) in [5.41, 5.74) is 1.03. The Morgan fingerprint density at radius 3 is 2.62 bits per heavy atom. The van der Waals surface area contributed by atoms with Crippen molar-refractivity contribution in [1.82, 2.24) is 15.2 Å². The zero-order chi connectivity index (χ0) is 16.9. The molecule has 2 aliphatic heterocycles. The Morgan fingerprint density at radius 2 is 2.00 bits per heavy atom. The Labute approximate surface area is 148 Å². The normalized spacial score (nSPS) is 21.8. The predicted octanol–water partition coefficient (Wildman–Crippen LogP) is 1.98. The molecule has 1 aromatic heterocycles. The third-order valence-electron chi connectivity index (χ3n) is 5.50. The Balaban J connectivity index is 1.41. The van der Waals surface area contributed by atoms with E-state index >= 15 is 0 Å². The summed E-state index contributed by atoms with van der Waals surface area (Å²) in [6, 6.07) is 0. The molecule has 2 fully saturated rings. The average molecular weight is 352 g/mol. The molecular weight excluding hydrogens is 322 g/mol. The van der Waals surface area contributed by atoms with Gasteiger partial charge in [0.05, 0.1) is 16.8 Å². The molecule has 2 aliphatic rings. The zero-order valence-electron chi connectivity index (χ0n) is 14.5.